The van der Waals surface area contributed by atoms with Crippen molar-refractivity contribution < 1.29 is 33.3 Å². The third-order valence-electron chi connectivity index (χ3n) is 8.77. The number of carboxylic acid groups (broad SMARTS) is 2. The molecule has 1 heterocycles. The van der Waals surface area contributed by atoms with E-state index in [9.17, 15) is 23.5 Å². The molecule has 7 nitrogen and oxygen atoms in total. The molecule has 2 N–H and O–H groups in total. The Hall–Kier alpha value is -3.98. The Balaban J connectivity index is 1.18. The molecule has 3 aromatic carbocycles. The van der Waals surface area contributed by atoms with E-state index in [0.29, 0.717) is 24.6 Å². The number of piperazine rings is 1. The predicted octanol–water partition coefficient (Wildman–Crippen LogP) is 7.47. The molecule has 1 aliphatic heterocycles. The standard InChI is InChI=1S/C37H46F2N2O5/c38-32-18-19-34(33(39)27-32)41-23-21-40(22-24-41)20-6-1-7-25-46-35-10-4-3-9-30(35)15-12-28(8-2-5-11-36(42)43)26-29-13-16-31(17-14-29)37(44)45/h3-4,9-10,13-14,16-19,27-28H,1-2,5-8,11-12,15,20-26H2,(H,42,43)(H,44,45). The van der Waals surface area contributed by atoms with Crippen LogP contribution in [0.1, 0.15) is 72.9 Å². The maximum absolute atomic E-state index is 14.1. The van der Waals surface area contributed by atoms with Crippen LogP contribution >= 0.6 is 0 Å². The molecule has 248 valence electrons. The van der Waals surface area contributed by atoms with Gasteiger partial charge in [0.1, 0.15) is 17.4 Å². The van der Waals surface area contributed by atoms with Crippen LogP contribution in [0.2, 0.25) is 0 Å². The van der Waals surface area contributed by atoms with Gasteiger partial charge in [0.15, 0.2) is 0 Å². The molecule has 0 spiro atoms. The van der Waals surface area contributed by atoms with Crippen LogP contribution < -0.4 is 9.64 Å². The fraction of sp³-hybridized carbons (Fsp3) is 0.459. The van der Waals surface area contributed by atoms with E-state index in [4.69, 9.17) is 9.84 Å². The second kappa shape index (κ2) is 18.2. The summed E-state index contributed by atoms with van der Waals surface area (Å²) in [5, 5.41) is 18.2. The van der Waals surface area contributed by atoms with Crippen LogP contribution in [-0.2, 0) is 17.6 Å². The number of hydrogen-bond acceptors (Lipinski definition) is 5. The Kier molecular flexibility index (Phi) is 13.8. The number of aliphatic carboxylic acids is 1. The van der Waals surface area contributed by atoms with Gasteiger partial charge in [0.05, 0.1) is 17.9 Å². The van der Waals surface area contributed by atoms with Gasteiger partial charge in [0.2, 0.25) is 0 Å². The van der Waals surface area contributed by atoms with E-state index < -0.39 is 23.6 Å². The highest BCUT2D eigenvalue weighted by Crippen LogP contribution is 2.26. The Bertz CT molecular complexity index is 1390. The van der Waals surface area contributed by atoms with Crippen LogP contribution in [0.4, 0.5) is 14.5 Å². The molecule has 0 amide bonds. The molecule has 0 bridgehead atoms. The maximum atomic E-state index is 14.1. The monoisotopic (exact) mass is 636 g/mol. The molecule has 1 saturated heterocycles. The summed E-state index contributed by atoms with van der Waals surface area (Å²) in [6.45, 7) is 4.79. The maximum Gasteiger partial charge on any atom is 0.335 e. The first-order valence-electron chi connectivity index (χ1n) is 16.5. The number of carboxylic acids is 2. The molecule has 1 aliphatic rings. The van der Waals surface area contributed by atoms with E-state index in [2.05, 4.69) is 11.0 Å². The minimum Gasteiger partial charge on any atom is -0.493 e. The van der Waals surface area contributed by atoms with E-state index in [1.807, 2.05) is 35.2 Å². The molecule has 0 saturated carbocycles. The molecule has 0 aliphatic carbocycles. The molecule has 0 aromatic heterocycles. The first kappa shape index (κ1) is 34.9. The number of unbranched alkanes of at least 4 members (excludes halogenated alkanes) is 3. The second-order valence-electron chi connectivity index (χ2n) is 12.2. The van der Waals surface area contributed by atoms with Gasteiger partial charge in [-0.05, 0) is 98.9 Å². The average Bonchev–Trinajstić information content (AvgIpc) is 3.04. The Morgan fingerprint density at radius 3 is 2.30 bits per heavy atom. The van der Waals surface area contributed by atoms with Crippen molar-refractivity contribution in [2.75, 3.05) is 44.2 Å². The number of hydrogen-bond donors (Lipinski definition) is 2. The van der Waals surface area contributed by atoms with Crippen LogP contribution in [0.3, 0.4) is 0 Å². The quantitative estimate of drug-likeness (QED) is 0.132. The summed E-state index contributed by atoms with van der Waals surface area (Å²) < 4.78 is 33.6. The first-order valence-corrected chi connectivity index (χ1v) is 16.5. The van der Waals surface area contributed by atoms with Crippen molar-refractivity contribution in [3.8, 4) is 5.75 Å². The Morgan fingerprint density at radius 1 is 0.826 bits per heavy atom. The van der Waals surface area contributed by atoms with Crippen LogP contribution in [0, 0.1) is 17.6 Å². The lowest BCUT2D eigenvalue weighted by Gasteiger charge is -2.36. The van der Waals surface area contributed by atoms with Gasteiger partial charge in [-0.3, -0.25) is 9.69 Å². The summed E-state index contributed by atoms with van der Waals surface area (Å²) >= 11 is 0. The van der Waals surface area contributed by atoms with Gasteiger partial charge in [-0.25, -0.2) is 13.6 Å². The van der Waals surface area contributed by atoms with Crippen molar-refractivity contribution in [3.63, 3.8) is 0 Å². The van der Waals surface area contributed by atoms with E-state index in [1.54, 1.807) is 12.1 Å². The fourth-order valence-electron chi connectivity index (χ4n) is 6.13. The van der Waals surface area contributed by atoms with Gasteiger partial charge in [0, 0.05) is 38.7 Å². The molecule has 1 atom stereocenters. The zero-order valence-corrected chi connectivity index (χ0v) is 26.5. The number of rotatable bonds is 19. The molecule has 1 unspecified atom stereocenters. The number of ether oxygens (including phenoxy) is 1. The highest BCUT2D eigenvalue weighted by molar-refractivity contribution is 5.87. The fourth-order valence-corrected chi connectivity index (χ4v) is 6.13. The number of para-hydroxylation sites is 1. The highest BCUT2D eigenvalue weighted by atomic mass is 19.1. The van der Waals surface area contributed by atoms with E-state index in [-0.39, 0.29) is 12.0 Å². The number of nitrogens with zero attached hydrogens (tertiary/aromatic N) is 2. The number of anilines is 1. The first-order chi connectivity index (χ1) is 22.3. The lowest BCUT2D eigenvalue weighted by molar-refractivity contribution is -0.137. The van der Waals surface area contributed by atoms with E-state index >= 15 is 0 Å². The number of benzene rings is 3. The van der Waals surface area contributed by atoms with Gasteiger partial charge in [0.25, 0.3) is 0 Å². The second-order valence-corrected chi connectivity index (χ2v) is 12.2. The van der Waals surface area contributed by atoms with Gasteiger partial charge >= 0.3 is 11.9 Å². The van der Waals surface area contributed by atoms with Crippen LogP contribution in [-0.4, -0.2) is 66.4 Å². The third kappa shape index (κ3) is 11.4. The van der Waals surface area contributed by atoms with Crippen LogP contribution in [0.15, 0.2) is 66.7 Å². The number of aromatic carboxylic acids is 1. The summed E-state index contributed by atoms with van der Waals surface area (Å²) in [5.41, 5.74) is 2.99. The number of aryl methyl sites for hydroxylation is 1. The summed E-state index contributed by atoms with van der Waals surface area (Å²) in [6, 6.07) is 18.9. The summed E-state index contributed by atoms with van der Waals surface area (Å²) in [4.78, 5) is 26.6. The van der Waals surface area contributed by atoms with Crippen molar-refractivity contribution in [1.82, 2.24) is 4.90 Å². The van der Waals surface area contributed by atoms with Gasteiger partial charge in [-0.1, -0.05) is 43.2 Å². The molecule has 9 heteroatoms. The number of carbonyl (C=O) groups is 2. The molecule has 1 fully saturated rings. The smallest absolute Gasteiger partial charge is 0.335 e. The highest BCUT2D eigenvalue weighted by Gasteiger charge is 2.19. The molecule has 4 rings (SSSR count). The van der Waals surface area contributed by atoms with Gasteiger partial charge < -0.3 is 19.8 Å². The van der Waals surface area contributed by atoms with Crippen molar-refractivity contribution in [2.45, 2.75) is 64.2 Å². The topological polar surface area (TPSA) is 90.3 Å². The largest absolute Gasteiger partial charge is 0.493 e. The minimum absolute atomic E-state index is 0.173. The van der Waals surface area contributed by atoms with Crippen molar-refractivity contribution in [2.24, 2.45) is 5.92 Å². The van der Waals surface area contributed by atoms with E-state index in [1.165, 1.54) is 12.1 Å². The Labute approximate surface area is 270 Å². The van der Waals surface area contributed by atoms with E-state index in [0.717, 1.165) is 107 Å². The average molecular weight is 637 g/mol. The van der Waals surface area contributed by atoms with Crippen molar-refractivity contribution in [1.29, 1.82) is 0 Å². The molecule has 3 aromatic rings. The molecular formula is C37H46F2N2O5. The zero-order chi connectivity index (χ0) is 32.7. The van der Waals surface area contributed by atoms with Crippen LogP contribution in [0.25, 0.3) is 0 Å². The van der Waals surface area contributed by atoms with Gasteiger partial charge in [-0.15, -0.1) is 0 Å². The lowest BCUT2D eigenvalue weighted by Crippen LogP contribution is -2.46. The SMILES string of the molecule is O=C(O)CCCCC(CCc1ccccc1OCCCCCN1CCN(c2ccc(F)cc2F)CC1)Cc1ccc(C(=O)O)cc1. The summed E-state index contributed by atoms with van der Waals surface area (Å²) in [6.07, 6.45) is 8.22. The minimum atomic E-state index is -0.940. The zero-order valence-electron chi connectivity index (χ0n) is 26.5. The summed E-state index contributed by atoms with van der Waals surface area (Å²) in [7, 11) is 0. The van der Waals surface area contributed by atoms with Crippen molar-refractivity contribution in [3.05, 3.63) is 95.1 Å². The normalized spacial score (nSPS) is 14.3. The predicted molar refractivity (Wildman–Crippen MR) is 176 cm³/mol. The number of halogens is 2. The van der Waals surface area contributed by atoms with Crippen LogP contribution in [0.5, 0.6) is 5.75 Å². The molecule has 46 heavy (non-hydrogen) atoms. The third-order valence-corrected chi connectivity index (χ3v) is 8.77. The van der Waals surface area contributed by atoms with Crippen molar-refractivity contribution >= 4 is 17.6 Å². The summed E-state index contributed by atoms with van der Waals surface area (Å²) in [5.74, 6) is -1.53. The Morgan fingerprint density at radius 2 is 1.59 bits per heavy atom. The van der Waals surface area contributed by atoms with Gasteiger partial charge in [-0.2, -0.15) is 0 Å². The lowest BCUT2D eigenvalue weighted by atomic mass is 9.88. The molecule has 0 radical (unpaired) electrons. The molecular weight excluding hydrogens is 590 g/mol.